The normalized spacial score (nSPS) is 33.7. The van der Waals surface area contributed by atoms with Crippen molar-refractivity contribution in [3.8, 4) is 0 Å². The van der Waals surface area contributed by atoms with Gasteiger partial charge in [0.05, 0.1) is 0 Å². The molecule has 1 aliphatic heterocycles. The Labute approximate surface area is 58.2 Å². The first-order valence-electron chi connectivity index (χ1n) is 3.30. The van der Waals surface area contributed by atoms with Crippen molar-refractivity contribution in [2.45, 2.75) is 25.1 Å². The van der Waals surface area contributed by atoms with E-state index in [2.05, 4.69) is 5.32 Å². The molecule has 0 radical (unpaired) electrons. The molecular formula is C6H10FNO2. The van der Waals surface area contributed by atoms with E-state index >= 15 is 0 Å². The second-order valence-electron chi connectivity index (χ2n) is 2.47. The predicted molar refractivity (Wildman–Crippen MR) is 33.6 cm³/mol. The molecule has 0 aromatic rings. The van der Waals surface area contributed by atoms with Gasteiger partial charge in [0.25, 0.3) is 0 Å². The molecule has 1 saturated heterocycles. The SMILES string of the molecule is O=C(O)[C@H]1CC[C@H](F)CN1. The Morgan fingerprint density at radius 2 is 2.30 bits per heavy atom. The van der Waals surface area contributed by atoms with Crippen LogP contribution in [0, 0.1) is 0 Å². The number of carbonyl (C=O) groups is 1. The average molecular weight is 147 g/mol. The van der Waals surface area contributed by atoms with Gasteiger partial charge >= 0.3 is 5.97 Å². The number of aliphatic carboxylic acids is 1. The third kappa shape index (κ3) is 1.67. The van der Waals surface area contributed by atoms with Crippen LogP contribution in [0.1, 0.15) is 12.8 Å². The zero-order chi connectivity index (χ0) is 7.56. The van der Waals surface area contributed by atoms with Gasteiger partial charge in [0.2, 0.25) is 0 Å². The third-order valence-electron chi connectivity index (χ3n) is 1.65. The molecule has 0 bridgehead atoms. The largest absolute Gasteiger partial charge is 0.480 e. The van der Waals surface area contributed by atoms with Gasteiger partial charge in [-0.1, -0.05) is 0 Å². The van der Waals surface area contributed by atoms with Crippen LogP contribution in [0.25, 0.3) is 0 Å². The molecule has 0 aromatic carbocycles. The Morgan fingerprint density at radius 3 is 2.70 bits per heavy atom. The maximum atomic E-state index is 12.4. The van der Waals surface area contributed by atoms with Crippen LogP contribution in [-0.2, 0) is 4.79 Å². The summed E-state index contributed by atoms with van der Waals surface area (Å²) < 4.78 is 12.4. The summed E-state index contributed by atoms with van der Waals surface area (Å²) in [5, 5.41) is 11.0. The van der Waals surface area contributed by atoms with Crippen molar-refractivity contribution in [1.82, 2.24) is 5.32 Å². The van der Waals surface area contributed by atoms with E-state index in [-0.39, 0.29) is 6.54 Å². The smallest absolute Gasteiger partial charge is 0.320 e. The van der Waals surface area contributed by atoms with Crippen molar-refractivity contribution < 1.29 is 14.3 Å². The van der Waals surface area contributed by atoms with E-state index < -0.39 is 18.2 Å². The first kappa shape index (κ1) is 7.47. The molecule has 1 rings (SSSR count). The van der Waals surface area contributed by atoms with Gasteiger partial charge in [-0.2, -0.15) is 0 Å². The number of piperidine rings is 1. The maximum absolute atomic E-state index is 12.4. The molecule has 10 heavy (non-hydrogen) atoms. The molecule has 3 nitrogen and oxygen atoms in total. The summed E-state index contributed by atoms with van der Waals surface area (Å²) in [6.45, 7) is 0.178. The molecule has 0 aliphatic carbocycles. The summed E-state index contributed by atoms with van der Waals surface area (Å²) in [7, 11) is 0. The second-order valence-corrected chi connectivity index (χ2v) is 2.47. The lowest BCUT2D eigenvalue weighted by atomic mass is 10.0. The van der Waals surface area contributed by atoms with E-state index in [0.29, 0.717) is 12.8 Å². The predicted octanol–water partition coefficient (Wildman–Crippen LogP) is 0.161. The molecule has 0 unspecified atom stereocenters. The van der Waals surface area contributed by atoms with Gasteiger partial charge in [-0.25, -0.2) is 4.39 Å². The van der Waals surface area contributed by atoms with Crippen molar-refractivity contribution in [3.05, 3.63) is 0 Å². The molecule has 1 fully saturated rings. The van der Waals surface area contributed by atoms with E-state index in [1.54, 1.807) is 0 Å². The summed E-state index contributed by atoms with van der Waals surface area (Å²) in [6.07, 6.45) is -0.101. The quantitative estimate of drug-likeness (QED) is 0.555. The molecule has 2 atom stereocenters. The van der Waals surface area contributed by atoms with E-state index in [0.717, 1.165) is 0 Å². The molecule has 0 spiro atoms. The molecule has 4 heteroatoms. The van der Waals surface area contributed by atoms with Crippen LogP contribution < -0.4 is 5.32 Å². The highest BCUT2D eigenvalue weighted by atomic mass is 19.1. The number of hydrogen-bond acceptors (Lipinski definition) is 2. The minimum absolute atomic E-state index is 0.178. The van der Waals surface area contributed by atoms with Crippen LogP contribution in [0.2, 0.25) is 0 Å². The highest BCUT2D eigenvalue weighted by Crippen LogP contribution is 2.10. The van der Waals surface area contributed by atoms with Gasteiger partial charge in [0.1, 0.15) is 12.2 Å². The Hall–Kier alpha value is -0.640. The molecule has 0 aromatic heterocycles. The van der Waals surface area contributed by atoms with Crippen LogP contribution >= 0.6 is 0 Å². The number of carboxylic acids is 1. The highest BCUT2D eigenvalue weighted by molar-refractivity contribution is 5.73. The van der Waals surface area contributed by atoms with E-state index in [1.807, 2.05) is 0 Å². The zero-order valence-corrected chi connectivity index (χ0v) is 5.51. The fraction of sp³-hybridized carbons (Fsp3) is 0.833. The Kier molecular flexibility index (Phi) is 2.21. The molecule has 0 saturated carbocycles. The van der Waals surface area contributed by atoms with Crippen LogP contribution in [-0.4, -0.2) is 29.8 Å². The number of carboxylic acid groups (broad SMARTS) is 1. The Morgan fingerprint density at radius 1 is 1.60 bits per heavy atom. The summed E-state index contributed by atoms with van der Waals surface area (Å²) in [5.41, 5.74) is 0. The number of halogens is 1. The van der Waals surface area contributed by atoms with Crippen molar-refractivity contribution in [1.29, 1.82) is 0 Å². The van der Waals surface area contributed by atoms with Crippen molar-refractivity contribution in [2.24, 2.45) is 0 Å². The van der Waals surface area contributed by atoms with Gasteiger partial charge in [-0.15, -0.1) is 0 Å². The lowest BCUT2D eigenvalue weighted by Crippen LogP contribution is -2.44. The number of hydrogen-bond donors (Lipinski definition) is 2. The fourth-order valence-electron chi connectivity index (χ4n) is 1.03. The van der Waals surface area contributed by atoms with Crippen molar-refractivity contribution in [3.63, 3.8) is 0 Å². The minimum atomic E-state index is -0.883. The lowest BCUT2D eigenvalue weighted by molar-refractivity contribution is -0.140. The van der Waals surface area contributed by atoms with Crippen LogP contribution in [0.5, 0.6) is 0 Å². The van der Waals surface area contributed by atoms with Crippen molar-refractivity contribution in [2.75, 3.05) is 6.54 Å². The summed E-state index contributed by atoms with van der Waals surface area (Å²) in [4.78, 5) is 10.3. The lowest BCUT2D eigenvalue weighted by Gasteiger charge is -2.22. The van der Waals surface area contributed by atoms with Crippen LogP contribution in [0.4, 0.5) is 4.39 Å². The van der Waals surface area contributed by atoms with Crippen LogP contribution in [0.15, 0.2) is 0 Å². The Bertz CT molecular complexity index is 132. The first-order valence-corrected chi connectivity index (χ1v) is 3.30. The summed E-state index contributed by atoms with van der Waals surface area (Å²) in [6, 6.07) is -0.535. The van der Waals surface area contributed by atoms with Gasteiger partial charge in [0.15, 0.2) is 0 Å². The molecule has 58 valence electrons. The van der Waals surface area contributed by atoms with Gasteiger partial charge in [-0.3, -0.25) is 4.79 Å². The first-order chi connectivity index (χ1) is 4.70. The molecule has 2 N–H and O–H groups in total. The van der Waals surface area contributed by atoms with E-state index in [9.17, 15) is 9.18 Å². The summed E-state index contributed by atoms with van der Waals surface area (Å²) in [5.74, 6) is -0.883. The maximum Gasteiger partial charge on any atom is 0.320 e. The van der Waals surface area contributed by atoms with Gasteiger partial charge < -0.3 is 10.4 Å². The average Bonchev–Trinajstić information content (AvgIpc) is 1.88. The number of alkyl halides is 1. The van der Waals surface area contributed by atoms with E-state index in [4.69, 9.17) is 5.11 Å². The topological polar surface area (TPSA) is 49.3 Å². The molecule has 1 aliphatic rings. The second kappa shape index (κ2) is 2.96. The standard InChI is InChI=1S/C6H10FNO2/c7-4-1-2-5(6(9)10)8-3-4/h4-5,8H,1-3H2,(H,9,10)/t4-,5+/m0/s1. The molecule has 1 heterocycles. The highest BCUT2D eigenvalue weighted by Gasteiger charge is 2.24. The number of nitrogens with one attached hydrogen (secondary N) is 1. The van der Waals surface area contributed by atoms with Crippen LogP contribution in [0.3, 0.4) is 0 Å². The zero-order valence-electron chi connectivity index (χ0n) is 5.51. The molecular weight excluding hydrogens is 137 g/mol. The van der Waals surface area contributed by atoms with Crippen molar-refractivity contribution >= 4 is 5.97 Å². The summed E-state index contributed by atoms with van der Waals surface area (Å²) >= 11 is 0. The third-order valence-corrected chi connectivity index (χ3v) is 1.65. The number of rotatable bonds is 1. The molecule has 0 amide bonds. The minimum Gasteiger partial charge on any atom is -0.480 e. The monoisotopic (exact) mass is 147 g/mol. The van der Waals surface area contributed by atoms with E-state index in [1.165, 1.54) is 0 Å². The fourth-order valence-corrected chi connectivity index (χ4v) is 1.03. The Balaban J connectivity index is 2.33. The van der Waals surface area contributed by atoms with Gasteiger partial charge in [0, 0.05) is 6.54 Å². The van der Waals surface area contributed by atoms with Gasteiger partial charge in [-0.05, 0) is 12.8 Å².